The Labute approximate surface area is 121 Å². The minimum absolute atomic E-state index is 0.0688. The fourth-order valence-electron chi connectivity index (χ4n) is 2.83. The highest BCUT2D eigenvalue weighted by molar-refractivity contribution is 5.33. The van der Waals surface area contributed by atoms with Gasteiger partial charge in [-0.2, -0.15) is 0 Å². The summed E-state index contributed by atoms with van der Waals surface area (Å²) in [6.45, 7) is 2.10. The van der Waals surface area contributed by atoms with Crippen LogP contribution >= 0.6 is 0 Å². The van der Waals surface area contributed by atoms with Gasteiger partial charge >= 0.3 is 0 Å². The first kappa shape index (κ1) is 14.8. The molecule has 2 heteroatoms. The van der Waals surface area contributed by atoms with Crippen molar-refractivity contribution in [2.75, 3.05) is 6.61 Å². The van der Waals surface area contributed by atoms with Gasteiger partial charge in [0, 0.05) is 12.0 Å². The molecule has 2 aromatic rings. The second-order valence-electron chi connectivity index (χ2n) is 5.39. The van der Waals surface area contributed by atoms with Crippen molar-refractivity contribution in [1.29, 1.82) is 0 Å². The number of hydrogen-bond acceptors (Lipinski definition) is 1. The number of rotatable bonds is 6. The zero-order valence-electron chi connectivity index (χ0n) is 11.9. The molecule has 2 atom stereocenters. The lowest BCUT2D eigenvalue weighted by molar-refractivity contribution is 0.239. The summed E-state index contributed by atoms with van der Waals surface area (Å²) < 4.78 is 0. The maximum atomic E-state index is 9.12. The van der Waals surface area contributed by atoms with Crippen LogP contribution in [0.1, 0.15) is 30.4 Å². The number of aliphatic hydroxyl groups is 1. The molecular formula is C18H22NO. The van der Waals surface area contributed by atoms with E-state index in [1.807, 2.05) is 12.1 Å². The van der Waals surface area contributed by atoms with Gasteiger partial charge in [-0.1, -0.05) is 67.6 Å². The molecule has 1 unspecified atom stereocenters. The first-order valence-corrected chi connectivity index (χ1v) is 7.14. The van der Waals surface area contributed by atoms with E-state index < -0.39 is 6.04 Å². The highest BCUT2D eigenvalue weighted by Gasteiger charge is 2.22. The minimum atomic E-state index is -0.403. The summed E-state index contributed by atoms with van der Waals surface area (Å²) in [6, 6.07) is 20.5. The van der Waals surface area contributed by atoms with Crippen LogP contribution in [0.5, 0.6) is 0 Å². The number of aliphatic hydroxyl groups excluding tert-OH is 1. The highest BCUT2D eigenvalue weighted by atomic mass is 16.3. The average Bonchev–Trinajstić information content (AvgIpc) is 2.49. The Morgan fingerprint density at radius 1 is 0.900 bits per heavy atom. The number of benzene rings is 2. The summed E-state index contributed by atoms with van der Waals surface area (Å²) in [5.74, 6) is 0.589. The van der Waals surface area contributed by atoms with Gasteiger partial charge in [-0.25, -0.2) is 0 Å². The summed E-state index contributed by atoms with van der Waals surface area (Å²) in [5, 5.41) is 9.12. The summed E-state index contributed by atoms with van der Waals surface area (Å²) in [4.78, 5) is 0. The standard InChI is InChI=1S/C18H22NO/c1-14(12-17(19)13-20)18(15-8-4-2-5-9-15)16-10-6-3-7-11-16/h2-11,14,17-20H,12-13H2,1H3/t14?,17-/m0/s1. The smallest absolute Gasteiger partial charge is 0.0598 e. The summed E-state index contributed by atoms with van der Waals surface area (Å²) >= 11 is 0. The molecule has 0 fully saturated rings. The SMILES string of the molecule is CC(C[C@H]([NH])CO)C(c1ccccc1)c1ccccc1. The molecule has 0 aromatic heterocycles. The first-order chi connectivity index (χ1) is 9.72. The first-order valence-electron chi connectivity index (χ1n) is 7.14. The molecule has 20 heavy (non-hydrogen) atoms. The van der Waals surface area contributed by atoms with Crippen molar-refractivity contribution >= 4 is 0 Å². The van der Waals surface area contributed by atoms with Crippen molar-refractivity contribution < 1.29 is 5.11 Å². The molecule has 2 rings (SSSR count). The van der Waals surface area contributed by atoms with Crippen LogP contribution in [0, 0.1) is 5.92 Å². The van der Waals surface area contributed by atoms with Crippen LogP contribution < -0.4 is 5.73 Å². The molecule has 2 aromatic carbocycles. The summed E-state index contributed by atoms with van der Waals surface area (Å²) in [6.07, 6.45) is 0.699. The van der Waals surface area contributed by atoms with Crippen LogP contribution in [0.15, 0.2) is 60.7 Å². The van der Waals surface area contributed by atoms with E-state index in [0.717, 1.165) is 0 Å². The van der Waals surface area contributed by atoms with Crippen LogP contribution in [-0.2, 0) is 0 Å². The van der Waals surface area contributed by atoms with Gasteiger partial charge in [-0.15, -0.1) is 0 Å². The molecule has 0 amide bonds. The van der Waals surface area contributed by atoms with E-state index >= 15 is 0 Å². The second kappa shape index (κ2) is 7.22. The number of hydrogen-bond donors (Lipinski definition) is 1. The summed E-state index contributed by atoms with van der Waals surface area (Å²) in [7, 11) is 0. The van der Waals surface area contributed by atoms with E-state index in [2.05, 4.69) is 55.5 Å². The van der Waals surface area contributed by atoms with Crippen molar-refractivity contribution in [3.05, 3.63) is 71.8 Å². The van der Waals surface area contributed by atoms with E-state index in [9.17, 15) is 0 Å². The third-order valence-electron chi connectivity index (χ3n) is 3.76. The Morgan fingerprint density at radius 2 is 1.35 bits per heavy atom. The Morgan fingerprint density at radius 3 is 1.75 bits per heavy atom. The van der Waals surface area contributed by atoms with Crippen LogP contribution in [0.3, 0.4) is 0 Å². The van der Waals surface area contributed by atoms with Crippen molar-refractivity contribution in [3.63, 3.8) is 0 Å². The molecule has 105 valence electrons. The van der Waals surface area contributed by atoms with E-state index in [-0.39, 0.29) is 12.5 Å². The van der Waals surface area contributed by atoms with E-state index in [0.29, 0.717) is 12.3 Å². The zero-order chi connectivity index (χ0) is 14.4. The molecule has 1 radical (unpaired) electrons. The molecule has 0 bridgehead atoms. The van der Waals surface area contributed by atoms with E-state index in [1.165, 1.54) is 11.1 Å². The fourth-order valence-corrected chi connectivity index (χ4v) is 2.83. The molecular weight excluding hydrogens is 246 g/mol. The van der Waals surface area contributed by atoms with Crippen LogP contribution in [0.4, 0.5) is 0 Å². The Kier molecular flexibility index (Phi) is 5.33. The van der Waals surface area contributed by atoms with Crippen LogP contribution in [-0.4, -0.2) is 17.8 Å². The number of nitrogens with one attached hydrogen (secondary N) is 1. The van der Waals surface area contributed by atoms with Crippen molar-refractivity contribution in [1.82, 2.24) is 5.73 Å². The summed E-state index contributed by atoms with van der Waals surface area (Å²) in [5.41, 5.74) is 10.4. The lowest BCUT2D eigenvalue weighted by Crippen LogP contribution is -2.22. The van der Waals surface area contributed by atoms with E-state index in [1.54, 1.807) is 0 Å². The maximum Gasteiger partial charge on any atom is 0.0598 e. The predicted molar refractivity (Wildman–Crippen MR) is 82.5 cm³/mol. The Bertz CT molecular complexity index is 458. The molecule has 2 N–H and O–H groups in total. The second-order valence-corrected chi connectivity index (χ2v) is 5.39. The predicted octanol–water partition coefficient (Wildman–Crippen LogP) is 3.49. The van der Waals surface area contributed by atoms with Crippen molar-refractivity contribution in [3.8, 4) is 0 Å². The van der Waals surface area contributed by atoms with E-state index in [4.69, 9.17) is 10.8 Å². The molecule has 2 nitrogen and oxygen atoms in total. The third kappa shape index (κ3) is 3.69. The largest absolute Gasteiger partial charge is 0.395 e. The van der Waals surface area contributed by atoms with Gasteiger partial charge in [0.25, 0.3) is 0 Å². The lowest BCUT2D eigenvalue weighted by Gasteiger charge is -2.26. The highest BCUT2D eigenvalue weighted by Crippen LogP contribution is 2.34. The van der Waals surface area contributed by atoms with Crippen molar-refractivity contribution in [2.45, 2.75) is 25.3 Å². The third-order valence-corrected chi connectivity index (χ3v) is 3.76. The topological polar surface area (TPSA) is 44.0 Å². The van der Waals surface area contributed by atoms with Gasteiger partial charge in [-0.3, -0.25) is 5.73 Å². The van der Waals surface area contributed by atoms with Gasteiger partial charge in [0.2, 0.25) is 0 Å². The van der Waals surface area contributed by atoms with Crippen LogP contribution in [0.25, 0.3) is 0 Å². The lowest BCUT2D eigenvalue weighted by atomic mass is 9.79. The zero-order valence-corrected chi connectivity index (χ0v) is 11.9. The molecule has 0 spiro atoms. The molecule has 0 aliphatic heterocycles. The van der Waals surface area contributed by atoms with Gasteiger partial charge in [0.05, 0.1) is 6.61 Å². The maximum absolute atomic E-state index is 9.12. The normalized spacial score (nSPS) is 14.2. The fraction of sp³-hybridized carbons (Fsp3) is 0.333. The van der Waals surface area contributed by atoms with Crippen molar-refractivity contribution in [2.24, 2.45) is 5.92 Å². The van der Waals surface area contributed by atoms with Gasteiger partial charge in [0.15, 0.2) is 0 Å². The minimum Gasteiger partial charge on any atom is -0.395 e. The molecule has 0 aliphatic rings. The Hall–Kier alpha value is -1.64. The monoisotopic (exact) mass is 268 g/mol. The Balaban J connectivity index is 2.30. The van der Waals surface area contributed by atoms with Crippen LogP contribution in [0.2, 0.25) is 0 Å². The van der Waals surface area contributed by atoms with Gasteiger partial charge < -0.3 is 5.11 Å². The molecule has 0 saturated carbocycles. The molecule has 0 heterocycles. The van der Waals surface area contributed by atoms with Gasteiger partial charge in [-0.05, 0) is 23.5 Å². The molecule has 0 aliphatic carbocycles. The van der Waals surface area contributed by atoms with Gasteiger partial charge in [0.1, 0.15) is 0 Å². The quantitative estimate of drug-likeness (QED) is 0.856. The molecule has 0 saturated heterocycles. The average molecular weight is 268 g/mol.